The number of carbonyl (C=O) groups excluding carboxylic acids is 1. The van der Waals surface area contributed by atoms with E-state index in [4.69, 9.17) is 25.4 Å². The first-order chi connectivity index (χ1) is 14.4. The number of hydrogen-bond donors (Lipinski definition) is 1. The number of hydrogen-bond acceptors (Lipinski definition) is 6. The number of anilines is 1. The SMILES string of the molecule is CCOc1ccc(-c2nonc2NC(=O)c2oc3cc(C)c(Cl)cc3c2C)cc1C. The summed E-state index contributed by atoms with van der Waals surface area (Å²) in [6.07, 6.45) is 0. The van der Waals surface area contributed by atoms with Crippen LogP contribution in [-0.4, -0.2) is 22.8 Å². The third-order valence-electron chi connectivity index (χ3n) is 4.89. The highest BCUT2D eigenvalue weighted by Gasteiger charge is 2.22. The molecule has 7 nitrogen and oxygen atoms in total. The summed E-state index contributed by atoms with van der Waals surface area (Å²) in [5, 5.41) is 11.9. The molecule has 0 unspecified atom stereocenters. The lowest BCUT2D eigenvalue weighted by Crippen LogP contribution is -2.13. The fourth-order valence-corrected chi connectivity index (χ4v) is 3.46. The van der Waals surface area contributed by atoms with Crippen LogP contribution in [0.5, 0.6) is 5.75 Å². The molecule has 0 saturated carbocycles. The van der Waals surface area contributed by atoms with Crippen molar-refractivity contribution in [2.75, 3.05) is 11.9 Å². The van der Waals surface area contributed by atoms with Crippen molar-refractivity contribution in [1.82, 2.24) is 10.3 Å². The minimum Gasteiger partial charge on any atom is -0.494 e. The van der Waals surface area contributed by atoms with E-state index in [2.05, 4.69) is 15.6 Å². The van der Waals surface area contributed by atoms with Crippen LogP contribution in [0.3, 0.4) is 0 Å². The van der Waals surface area contributed by atoms with E-state index in [0.717, 1.165) is 27.8 Å². The van der Waals surface area contributed by atoms with Crippen molar-refractivity contribution in [3.8, 4) is 17.0 Å². The van der Waals surface area contributed by atoms with E-state index in [1.807, 2.05) is 52.0 Å². The van der Waals surface area contributed by atoms with Crippen LogP contribution in [0.2, 0.25) is 5.02 Å². The van der Waals surface area contributed by atoms with Gasteiger partial charge in [0.25, 0.3) is 5.91 Å². The zero-order chi connectivity index (χ0) is 21.4. The van der Waals surface area contributed by atoms with Gasteiger partial charge < -0.3 is 9.15 Å². The number of amides is 1. The summed E-state index contributed by atoms with van der Waals surface area (Å²) in [5.74, 6) is 0.730. The lowest BCUT2D eigenvalue weighted by atomic mass is 10.1. The fourth-order valence-electron chi connectivity index (χ4n) is 3.30. The first-order valence-corrected chi connectivity index (χ1v) is 9.83. The van der Waals surface area contributed by atoms with Gasteiger partial charge >= 0.3 is 0 Å². The predicted octanol–water partition coefficient (Wildman–Crippen LogP) is 5.71. The van der Waals surface area contributed by atoms with E-state index >= 15 is 0 Å². The van der Waals surface area contributed by atoms with E-state index in [1.54, 1.807) is 6.07 Å². The Morgan fingerprint density at radius 3 is 2.67 bits per heavy atom. The van der Waals surface area contributed by atoms with Crippen molar-refractivity contribution in [3.05, 3.63) is 57.8 Å². The van der Waals surface area contributed by atoms with Crippen molar-refractivity contribution >= 4 is 34.3 Å². The molecule has 154 valence electrons. The van der Waals surface area contributed by atoms with Gasteiger partial charge in [0.05, 0.1) is 6.61 Å². The second-order valence-electron chi connectivity index (χ2n) is 6.98. The minimum absolute atomic E-state index is 0.184. The lowest BCUT2D eigenvalue weighted by molar-refractivity contribution is 0.0997. The summed E-state index contributed by atoms with van der Waals surface area (Å²) in [6, 6.07) is 9.20. The number of ether oxygens (including phenoxy) is 1. The molecule has 2 heterocycles. The summed E-state index contributed by atoms with van der Waals surface area (Å²) in [7, 11) is 0. The highest BCUT2D eigenvalue weighted by atomic mass is 35.5. The van der Waals surface area contributed by atoms with Crippen molar-refractivity contribution < 1.29 is 18.6 Å². The van der Waals surface area contributed by atoms with Gasteiger partial charge in [-0.2, -0.15) is 0 Å². The van der Waals surface area contributed by atoms with Gasteiger partial charge in [-0.3, -0.25) is 10.1 Å². The monoisotopic (exact) mass is 425 g/mol. The molecule has 0 radical (unpaired) electrons. The molecule has 0 saturated heterocycles. The molecule has 0 aliphatic heterocycles. The number of fused-ring (bicyclic) bond motifs is 1. The van der Waals surface area contributed by atoms with E-state index in [9.17, 15) is 4.79 Å². The molecule has 1 amide bonds. The standard InChI is InChI=1S/C22H20ClN3O4/c1-5-28-17-7-6-14(8-12(17)3)19-21(26-30-25-19)24-22(27)20-13(4)15-10-16(23)11(2)9-18(15)29-20/h6-10H,5H2,1-4H3,(H,24,26,27). The number of halogens is 1. The highest BCUT2D eigenvalue weighted by molar-refractivity contribution is 6.32. The van der Waals surface area contributed by atoms with E-state index in [-0.39, 0.29) is 11.6 Å². The molecule has 0 spiro atoms. The molecular formula is C22H20ClN3O4. The Kier molecular flexibility index (Phi) is 5.22. The van der Waals surface area contributed by atoms with Crippen LogP contribution in [0.1, 0.15) is 34.2 Å². The molecule has 2 aromatic heterocycles. The molecule has 8 heteroatoms. The number of nitrogens with zero attached hydrogens (tertiary/aromatic N) is 2. The quantitative estimate of drug-likeness (QED) is 0.440. The van der Waals surface area contributed by atoms with Crippen LogP contribution < -0.4 is 10.1 Å². The smallest absolute Gasteiger partial charge is 0.292 e. The average molecular weight is 426 g/mol. The molecule has 0 aliphatic rings. The van der Waals surface area contributed by atoms with Crippen LogP contribution in [0.15, 0.2) is 39.4 Å². The first kappa shape index (κ1) is 20.0. The molecule has 4 aromatic rings. The summed E-state index contributed by atoms with van der Waals surface area (Å²) in [4.78, 5) is 12.9. The molecule has 0 aliphatic carbocycles. The third-order valence-corrected chi connectivity index (χ3v) is 5.30. The van der Waals surface area contributed by atoms with Gasteiger partial charge in [0, 0.05) is 21.5 Å². The molecule has 0 fully saturated rings. The number of furan rings is 1. The first-order valence-electron chi connectivity index (χ1n) is 9.46. The summed E-state index contributed by atoms with van der Waals surface area (Å²) < 4.78 is 16.2. The van der Waals surface area contributed by atoms with Gasteiger partial charge in [-0.15, -0.1) is 0 Å². The number of carbonyl (C=O) groups is 1. The molecule has 0 bridgehead atoms. The number of benzene rings is 2. The molecule has 0 atom stereocenters. The normalized spacial score (nSPS) is 11.1. The Morgan fingerprint density at radius 2 is 1.93 bits per heavy atom. The maximum absolute atomic E-state index is 12.9. The van der Waals surface area contributed by atoms with Gasteiger partial charge in [-0.1, -0.05) is 11.6 Å². The Morgan fingerprint density at radius 1 is 1.13 bits per heavy atom. The van der Waals surface area contributed by atoms with E-state index in [0.29, 0.717) is 28.5 Å². The van der Waals surface area contributed by atoms with Gasteiger partial charge in [0.15, 0.2) is 11.5 Å². The van der Waals surface area contributed by atoms with Gasteiger partial charge in [-0.25, -0.2) is 4.63 Å². The lowest BCUT2D eigenvalue weighted by Gasteiger charge is -2.08. The van der Waals surface area contributed by atoms with Gasteiger partial charge in [-0.05, 0) is 79.5 Å². The Bertz CT molecular complexity index is 1260. The largest absolute Gasteiger partial charge is 0.494 e. The van der Waals surface area contributed by atoms with Crippen LogP contribution >= 0.6 is 11.6 Å². The molecule has 4 rings (SSSR count). The average Bonchev–Trinajstić information content (AvgIpc) is 3.29. The summed E-state index contributed by atoms with van der Waals surface area (Å²) >= 11 is 6.21. The maximum Gasteiger partial charge on any atom is 0.292 e. The molecular weight excluding hydrogens is 406 g/mol. The number of aromatic nitrogens is 2. The van der Waals surface area contributed by atoms with Crippen molar-refractivity contribution in [2.45, 2.75) is 27.7 Å². The van der Waals surface area contributed by atoms with Crippen molar-refractivity contribution in [2.24, 2.45) is 0 Å². The maximum atomic E-state index is 12.9. The van der Waals surface area contributed by atoms with Crippen molar-refractivity contribution in [1.29, 1.82) is 0 Å². The van der Waals surface area contributed by atoms with Crippen molar-refractivity contribution in [3.63, 3.8) is 0 Å². The van der Waals surface area contributed by atoms with Gasteiger partial charge in [0.1, 0.15) is 11.3 Å². The Balaban J connectivity index is 1.64. The van der Waals surface area contributed by atoms with Gasteiger partial charge in [0.2, 0.25) is 5.82 Å². The number of aryl methyl sites for hydroxylation is 3. The summed E-state index contributed by atoms with van der Waals surface area (Å²) in [6.45, 7) is 8.13. The number of rotatable bonds is 5. The third kappa shape index (κ3) is 3.52. The van der Waals surface area contributed by atoms with Crippen LogP contribution in [0.25, 0.3) is 22.2 Å². The summed E-state index contributed by atoms with van der Waals surface area (Å²) in [5.41, 5.74) is 4.27. The second kappa shape index (κ2) is 7.84. The van der Waals surface area contributed by atoms with Crippen LogP contribution in [0, 0.1) is 20.8 Å². The topological polar surface area (TPSA) is 90.4 Å². The second-order valence-corrected chi connectivity index (χ2v) is 7.39. The van der Waals surface area contributed by atoms with Crippen LogP contribution in [0.4, 0.5) is 5.82 Å². The fraction of sp³-hybridized carbons (Fsp3) is 0.227. The Hall–Kier alpha value is -3.32. The van der Waals surface area contributed by atoms with E-state index in [1.165, 1.54) is 0 Å². The minimum atomic E-state index is -0.447. The zero-order valence-corrected chi connectivity index (χ0v) is 17.8. The van der Waals surface area contributed by atoms with Crippen LogP contribution in [-0.2, 0) is 0 Å². The number of nitrogens with one attached hydrogen (secondary N) is 1. The predicted molar refractivity (Wildman–Crippen MR) is 114 cm³/mol. The Labute approximate surface area is 177 Å². The zero-order valence-electron chi connectivity index (χ0n) is 17.0. The van der Waals surface area contributed by atoms with E-state index < -0.39 is 5.91 Å². The molecule has 2 aromatic carbocycles. The molecule has 1 N–H and O–H groups in total. The molecule has 30 heavy (non-hydrogen) atoms. The highest BCUT2D eigenvalue weighted by Crippen LogP contribution is 2.32.